The van der Waals surface area contributed by atoms with Crippen molar-refractivity contribution in [3.8, 4) is 5.75 Å². The van der Waals surface area contributed by atoms with Crippen LogP contribution in [-0.2, 0) is 19.6 Å². The first kappa shape index (κ1) is 16.5. The van der Waals surface area contributed by atoms with Gasteiger partial charge < -0.3 is 13.7 Å². The number of ether oxygens (including phenoxy) is 2. The summed E-state index contributed by atoms with van der Waals surface area (Å²) in [6.45, 7) is 0.498. The molecule has 0 unspecified atom stereocenters. The van der Waals surface area contributed by atoms with Gasteiger partial charge in [0.05, 0.1) is 18.1 Å². The van der Waals surface area contributed by atoms with Gasteiger partial charge >= 0.3 is 21.3 Å². The van der Waals surface area contributed by atoms with E-state index in [0.29, 0.717) is 0 Å². The van der Waals surface area contributed by atoms with E-state index >= 15 is 0 Å². The zero-order valence-corrected chi connectivity index (χ0v) is 11.4. The van der Waals surface area contributed by atoms with E-state index in [4.69, 9.17) is 9.47 Å². The van der Waals surface area contributed by atoms with E-state index in [1.54, 1.807) is 0 Å². The predicted molar refractivity (Wildman–Crippen MR) is 63.3 cm³/mol. The molecule has 8 nitrogen and oxygen atoms in total. The summed E-state index contributed by atoms with van der Waals surface area (Å²) in [6, 6.07) is 2.68. The summed E-state index contributed by atoms with van der Waals surface area (Å²) in [5, 5.41) is 10.9. The Balaban J connectivity index is 2.38. The van der Waals surface area contributed by atoms with Crippen LogP contribution in [0.5, 0.6) is 5.75 Å². The Labute approximate surface area is 121 Å². The Kier molecular flexibility index (Phi) is 4.26. The summed E-state index contributed by atoms with van der Waals surface area (Å²) >= 11 is 0. The van der Waals surface area contributed by atoms with E-state index < -0.39 is 38.3 Å². The molecule has 0 saturated carbocycles. The van der Waals surface area contributed by atoms with E-state index in [1.165, 1.54) is 0 Å². The molecule has 122 valence electrons. The number of halogens is 3. The molecular weight excluding hydrogens is 335 g/mol. The maximum Gasteiger partial charge on any atom is 0.534 e. The molecule has 0 N–H and O–H groups in total. The van der Waals surface area contributed by atoms with Crippen molar-refractivity contribution in [1.82, 2.24) is 0 Å². The third-order valence-corrected chi connectivity index (χ3v) is 3.52. The SMILES string of the molecule is O=[N+]([O-])c1cc(C2OCCO2)ccc1OS(=O)(=O)C(F)(F)F. The second-order valence-electron chi connectivity index (χ2n) is 4.04. The quantitative estimate of drug-likeness (QED) is 0.356. The first-order valence-corrected chi connectivity index (χ1v) is 7.05. The third kappa shape index (κ3) is 3.28. The number of hydrogen-bond donors (Lipinski definition) is 0. The van der Waals surface area contributed by atoms with Crippen LogP contribution >= 0.6 is 0 Å². The fraction of sp³-hybridized carbons (Fsp3) is 0.400. The topological polar surface area (TPSA) is 105 Å². The van der Waals surface area contributed by atoms with Crippen LogP contribution in [0.15, 0.2) is 18.2 Å². The minimum absolute atomic E-state index is 0.154. The molecule has 1 heterocycles. The minimum atomic E-state index is -6.01. The molecule has 0 atom stereocenters. The van der Waals surface area contributed by atoms with E-state index in [1.807, 2.05) is 0 Å². The molecule has 1 aromatic carbocycles. The molecule has 1 aliphatic rings. The lowest BCUT2D eigenvalue weighted by Gasteiger charge is -2.12. The molecule has 1 aromatic rings. The highest BCUT2D eigenvalue weighted by molar-refractivity contribution is 7.88. The molecule has 1 aliphatic heterocycles. The van der Waals surface area contributed by atoms with Crippen LogP contribution in [0.4, 0.5) is 18.9 Å². The normalized spacial score (nSPS) is 16.7. The molecule has 0 radical (unpaired) electrons. The standard InChI is InChI=1S/C10H8F3NO7S/c11-10(12,13)22(17,18)21-8-2-1-6(5-7(8)14(15)16)9-19-3-4-20-9/h1-2,5,9H,3-4H2. The van der Waals surface area contributed by atoms with Crippen molar-refractivity contribution < 1.29 is 40.2 Å². The smallest absolute Gasteiger partial charge is 0.369 e. The van der Waals surface area contributed by atoms with Crippen molar-refractivity contribution in [3.05, 3.63) is 33.9 Å². The van der Waals surface area contributed by atoms with Gasteiger partial charge in [0.25, 0.3) is 0 Å². The predicted octanol–water partition coefficient (Wildman–Crippen LogP) is 1.87. The first-order chi connectivity index (χ1) is 10.1. The second kappa shape index (κ2) is 5.70. The molecule has 0 amide bonds. The Bertz CT molecular complexity index is 682. The Morgan fingerprint density at radius 1 is 1.27 bits per heavy atom. The van der Waals surface area contributed by atoms with E-state index in [0.717, 1.165) is 18.2 Å². The van der Waals surface area contributed by atoms with Crippen molar-refractivity contribution in [3.63, 3.8) is 0 Å². The summed E-state index contributed by atoms with van der Waals surface area (Å²) in [5.74, 6) is -1.05. The van der Waals surface area contributed by atoms with Gasteiger partial charge in [-0.05, 0) is 12.1 Å². The van der Waals surface area contributed by atoms with Crippen molar-refractivity contribution in [2.24, 2.45) is 0 Å². The van der Waals surface area contributed by atoms with E-state index in [9.17, 15) is 31.7 Å². The van der Waals surface area contributed by atoms with Gasteiger partial charge in [0.15, 0.2) is 6.29 Å². The highest BCUT2D eigenvalue weighted by Crippen LogP contribution is 2.36. The van der Waals surface area contributed by atoms with Gasteiger partial charge in [-0.3, -0.25) is 10.1 Å². The molecule has 1 saturated heterocycles. The van der Waals surface area contributed by atoms with Gasteiger partial charge in [-0.1, -0.05) is 0 Å². The Morgan fingerprint density at radius 2 is 1.86 bits per heavy atom. The molecule has 0 aliphatic carbocycles. The van der Waals surface area contributed by atoms with Gasteiger partial charge in [0.1, 0.15) is 0 Å². The molecule has 12 heteroatoms. The fourth-order valence-electron chi connectivity index (χ4n) is 1.61. The van der Waals surface area contributed by atoms with Crippen LogP contribution in [0, 0.1) is 10.1 Å². The van der Waals surface area contributed by atoms with Crippen LogP contribution in [-0.4, -0.2) is 32.1 Å². The summed E-state index contributed by atoms with van der Waals surface area (Å²) < 4.78 is 72.6. The summed E-state index contributed by atoms with van der Waals surface area (Å²) in [4.78, 5) is 9.82. The molecule has 22 heavy (non-hydrogen) atoms. The van der Waals surface area contributed by atoms with Crippen LogP contribution in [0.2, 0.25) is 0 Å². The molecule has 0 bridgehead atoms. The van der Waals surface area contributed by atoms with Crippen LogP contribution < -0.4 is 4.18 Å². The Morgan fingerprint density at radius 3 is 2.36 bits per heavy atom. The van der Waals surface area contributed by atoms with Crippen molar-refractivity contribution in [1.29, 1.82) is 0 Å². The number of nitro benzene ring substituents is 1. The average Bonchev–Trinajstić information content (AvgIpc) is 2.91. The van der Waals surface area contributed by atoms with Gasteiger partial charge in [-0.15, -0.1) is 0 Å². The highest BCUT2D eigenvalue weighted by Gasteiger charge is 2.49. The van der Waals surface area contributed by atoms with Crippen molar-refractivity contribution in [2.75, 3.05) is 13.2 Å². The number of nitro groups is 1. The van der Waals surface area contributed by atoms with Crippen LogP contribution in [0.25, 0.3) is 0 Å². The molecule has 2 rings (SSSR count). The number of alkyl halides is 3. The number of rotatable bonds is 4. The lowest BCUT2D eigenvalue weighted by molar-refractivity contribution is -0.385. The minimum Gasteiger partial charge on any atom is -0.369 e. The number of nitrogens with zero attached hydrogens (tertiary/aromatic N) is 1. The lowest BCUT2D eigenvalue weighted by Crippen LogP contribution is -2.28. The second-order valence-corrected chi connectivity index (χ2v) is 5.58. The average molecular weight is 343 g/mol. The summed E-state index contributed by atoms with van der Waals surface area (Å²) in [7, 11) is -6.01. The van der Waals surface area contributed by atoms with E-state index in [-0.39, 0.29) is 18.8 Å². The number of hydrogen-bond acceptors (Lipinski definition) is 7. The largest absolute Gasteiger partial charge is 0.534 e. The van der Waals surface area contributed by atoms with Gasteiger partial charge in [0.2, 0.25) is 5.75 Å². The summed E-state index contributed by atoms with van der Waals surface area (Å²) in [5.41, 5.74) is -6.50. The maximum atomic E-state index is 12.3. The maximum absolute atomic E-state index is 12.3. The summed E-state index contributed by atoms with van der Waals surface area (Å²) in [6.07, 6.45) is -0.910. The van der Waals surface area contributed by atoms with Gasteiger partial charge in [-0.25, -0.2) is 0 Å². The monoisotopic (exact) mass is 343 g/mol. The van der Waals surface area contributed by atoms with Crippen molar-refractivity contribution >= 4 is 15.8 Å². The molecule has 1 fully saturated rings. The molecular formula is C10H8F3NO7S. The van der Waals surface area contributed by atoms with E-state index in [2.05, 4.69) is 4.18 Å². The lowest BCUT2D eigenvalue weighted by atomic mass is 10.2. The molecule has 0 spiro atoms. The van der Waals surface area contributed by atoms with Crippen LogP contribution in [0.3, 0.4) is 0 Å². The molecule has 0 aromatic heterocycles. The highest BCUT2D eigenvalue weighted by atomic mass is 32.2. The van der Waals surface area contributed by atoms with Gasteiger partial charge in [-0.2, -0.15) is 21.6 Å². The zero-order chi connectivity index (χ0) is 16.5. The first-order valence-electron chi connectivity index (χ1n) is 5.64. The third-order valence-electron chi connectivity index (χ3n) is 2.56. The fourth-order valence-corrected chi connectivity index (χ4v) is 2.08. The van der Waals surface area contributed by atoms with Crippen molar-refractivity contribution in [2.45, 2.75) is 11.8 Å². The van der Waals surface area contributed by atoms with Gasteiger partial charge in [0, 0.05) is 11.6 Å². The van der Waals surface area contributed by atoms with Crippen LogP contribution in [0.1, 0.15) is 11.9 Å². The number of benzene rings is 1. The Hall–Kier alpha value is -1.92. The zero-order valence-electron chi connectivity index (χ0n) is 10.6.